The molecule has 0 aliphatic rings. The second-order valence-electron chi connectivity index (χ2n) is 4.60. The molecule has 0 saturated carbocycles. The fourth-order valence-electron chi connectivity index (χ4n) is 1.14. The first-order valence-electron chi connectivity index (χ1n) is 5.15. The quantitative estimate of drug-likeness (QED) is 0.593. The van der Waals surface area contributed by atoms with E-state index in [9.17, 15) is 9.18 Å². The maximum atomic E-state index is 12.9. The highest BCUT2D eigenvalue weighted by Crippen LogP contribution is 2.18. The summed E-state index contributed by atoms with van der Waals surface area (Å²) in [5.41, 5.74) is 0.513. The predicted molar refractivity (Wildman–Crippen MR) is 79.0 cm³/mol. The van der Waals surface area contributed by atoms with Gasteiger partial charge in [0.15, 0.2) is 0 Å². The van der Waals surface area contributed by atoms with Crippen molar-refractivity contribution in [3.8, 4) is 0 Å². The van der Waals surface area contributed by atoms with Crippen LogP contribution in [-0.2, 0) is 0 Å². The van der Waals surface area contributed by atoms with Crippen molar-refractivity contribution >= 4 is 44.4 Å². The van der Waals surface area contributed by atoms with Crippen LogP contribution < -0.4 is 5.32 Å². The van der Waals surface area contributed by atoms with E-state index in [0.29, 0.717) is 15.7 Å². The molecule has 0 radical (unpaired) electrons. The Hall–Kier alpha value is -0.170. The van der Waals surface area contributed by atoms with Crippen LogP contribution in [0.2, 0.25) is 0 Å². The Bertz CT molecular complexity index is 423. The number of carbonyl (C=O) groups excluding carboxylic acids is 1. The third-order valence-electron chi connectivity index (χ3n) is 2.27. The van der Waals surface area contributed by atoms with Crippen LogP contribution in [0.3, 0.4) is 0 Å². The maximum absolute atomic E-state index is 12.9. The van der Waals surface area contributed by atoms with Gasteiger partial charge in [-0.2, -0.15) is 0 Å². The second-order valence-corrected chi connectivity index (χ2v) is 6.33. The van der Waals surface area contributed by atoms with Crippen molar-refractivity contribution in [1.29, 1.82) is 0 Å². The first-order chi connectivity index (χ1) is 7.85. The summed E-state index contributed by atoms with van der Waals surface area (Å²) in [7, 11) is 0. The van der Waals surface area contributed by atoms with E-state index in [-0.39, 0.29) is 17.1 Å². The van der Waals surface area contributed by atoms with Crippen molar-refractivity contribution < 1.29 is 9.18 Å². The SMILES string of the molecule is CC(C)(CBr)CNC(=O)c1ccc(F)cc1I. The fourth-order valence-corrected chi connectivity index (χ4v) is 2.06. The first-order valence-corrected chi connectivity index (χ1v) is 7.35. The van der Waals surface area contributed by atoms with E-state index in [2.05, 4.69) is 35.1 Å². The summed E-state index contributed by atoms with van der Waals surface area (Å²) in [4.78, 5) is 11.9. The van der Waals surface area contributed by atoms with Gasteiger partial charge in [0, 0.05) is 15.4 Å². The number of carbonyl (C=O) groups is 1. The van der Waals surface area contributed by atoms with Crippen LogP contribution in [0.15, 0.2) is 18.2 Å². The lowest BCUT2D eigenvalue weighted by Crippen LogP contribution is -2.35. The third kappa shape index (κ3) is 4.54. The molecule has 1 amide bonds. The summed E-state index contributed by atoms with van der Waals surface area (Å²) in [6.07, 6.45) is 0. The number of alkyl halides is 1. The minimum absolute atomic E-state index is 0.00112. The number of benzene rings is 1. The van der Waals surface area contributed by atoms with E-state index < -0.39 is 0 Å². The van der Waals surface area contributed by atoms with Crippen molar-refractivity contribution in [2.24, 2.45) is 5.41 Å². The minimum atomic E-state index is -0.327. The zero-order valence-corrected chi connectivity index (χ0v) is 13.4. The molecule has 0 atom stereocenters. The molecule has 5 heteroatoms. The predicted octanol–water partition coefficient (Wildman–Crippen LogP) is 3.58. The van der Waals surface area contributed by atoms with Gasteiger partial charge in [-0.3, -0.25) is 4.79 Å². The Labute approximate surface area is 123 Å². The minimum Gasteiger partial charge on any atom is -0.351 e. The highest BCUT2D eigenvalue weighted by atomic mass is 127. The van der Waals surface area contributed by atoms with Gasteiger partial charge in [0.05, 0.1) is 5.56 Å². The molecule has 1 aromatic carbocycles. The van der Waals surface area contributed by atoms with Gasteiger partial charge in [0.25, 0.3) is 5.91 Å². The Balaban J connectivity index is 2.71. The van der Waals surface area contributed by atoms with Crippen LogP contribution in [-0.4, -0.2) is 17.8 Å². The lowest BCUT2D eigenvalue weighted by Gasteiger charge is -2.22. The highest BCUT2D eigenvalue weighted by molar-refractivity contribution is 14.1. The molecule has 0 saturated heterocycles. The summed E-state index contributed by atoms with van der Waals surface area (Å²) in [6.45, 7) is 4.68. The maximum Gasteiger partial charge on any atom is 0.252 e. The summed E-state index contributed by atoms with van der Waals surface area (Å²) in [6, 6.07) is 4.16. The van der Waals surface area contributed by atoms with Crippen molar-refractivity contribution in [2.45, 2.75) is 13.8 Å². The molecule has 1 N–H and O–H groups in total. The highest BCUT2D eigenvalue weighted by Gasteiger charge is 2.18. The van der Waals surface area contributed by atoms with E-state index in [1.165, 1.54) is 18.2 Å². The number of nitrogens with one attached hydrogen (secondary N) is 1. The first kappa shape index (κ1) is 14.9. The summed E-state index contributed by atoms with van der Waals surface area (Å²) >= 11 is 5.36. The monoisotopic (exact) mass is 413 g/mol. The molecule has 0 bridgehead atoms. The number of hydrogen-bond acceptors (Lipinski definition) is 1. The standard InChI is InChI=1S/C12H14BrFINO/c1-12(2,6-13)7-16-11(17)9-4-3-8(14)5-10(9)15/h3-5H,6-7H2,1-2H3,(H,16,17). The molecule has 0 unspecified atom stereocenters. The van der Waals surface area contributed by atoms with Crippen LogP contribution in [0.25, 0.3) is 0 Å². The Morgan fingerprint density at radius 1 is 1.53 bits per heavy atom. The van der Waals surface area contributed by atoms with Gasteiger partial charge in [0.1, 0.15) is 5.82 Å². The second kappa shape index (κ2) is 6.13. The molecule has 0 fully saturated rings. The van der Waals surface area contributed by atoms with Gasteiger partial charge in [-0.15, -0.1) is 0 Å². The number of halogens is 3. The topological polar surface area (TPSA) is 29.1 Å². The molecule has 17 heavy (non-hydrogen) atoms. The molecular weight excluding hydrogens is 400 g/mol. The molecule has 1 rings (SSSR count). The molecule has 0 heterocycles. The number of hydrogen-bond donors (Lipinski definition) is 1. The normalized spacial score (nSPS) is 11.4. The lowest BCUT2D eigenvalue weighted by molar-refractivity contribution is 0.0939. The average molecular weight is 414 g/mol. The van der Waals surface area contributed by atoms with Gasteiger partial charge in [-0.1, -0.05) is 29.8 Å². The summed E-state index contributed by atoms with van der Waals surface area (Å²) in [5.74, 6) is -0.491. The van der Waals surface area contributed by atoms with Gasteiger partial charge in [-0.25, -0.2) is 4.39 Å². The largest absolute Gasteiger partial charge is 0.351 e. The zero-order chi connectivity index (χ0) is 13.1. The lowest BCUT2D eigenvalue weighted by atomic mass is 9.97. The average Bonchev–Trinajstić information content (AvgIpc) is 2.26. The van der Waals surface area contributed by atoms with E-state index in [1.807, 2.05) is 22.6 Å². The molecule has 0 aliphatic heterocycles. The number of rotatable bonds is 4. The number of amides is 1. The zero-order valence-electron chi connectivity index (χ0n) is 9.69. The van der Waals surface area contributed by atoms with E-state index in [0.717, 1.165) is 5.33 Å². The van der Waals surface area contributed by atoms with Gasteiger partial charge in [-0.05, 0) is 46.2 Å². The summed E-state index contributed by atoms with van der Waals surface area (Å²) < 4.78 is 13.5. The molecule has 2 nitrogen and oxygen atoms in total. The Morgan fingerprint density at radius 2 is 2.18 bits per heavy atom. The Kier molecular flexibility index (Phi) is 5.37. The van der Waals surface area contributed by atoms with Crippen LogP contribution in [0.4, 0.5) is 4.39 Å². The van der Waals surface area contributed by atoms with E-state index >= 15 is 0 Å². The molecule has 0 aliphatic carbocycles. The van der Waals surface area contributed by atoms with E-state index in [4.69, 9.17) is 0 Å². The van der Waals surface area contributed by atoms with Crippen molar-refractivity contribution in [2.75, 3.05) is 11.9 Å². The summed E-state index contributed by atoms with van der Waals surface area (Å²) in [5, 5.41) is 3.66. The van der Waals surface area contributed by atoms with Gasteiger partial charge in [0.2, 0.25) is 0 Å². The van der Waals surface area contributed by atoms with Crippen LogP contribution in [0.5, 0.6) is 0 Å². The fraction of sp³-hybridized carbons (Fsp3) is 0.417. The Morgan fingerprint density at radius 3 is 2.71 bits per heavy atom. The molecule has 0 spiro atoms. The molecule has 94 valence electrons. The van der Waals surface area contributed by atoms with Crippen molar-refractivity contribution in [3.63, 3.8) is 0 Å². The smallest absolute Gasteiger partial charge is 0.252 e. The van der Waals surface area contributed by atoms with Gasteiger partial charge >= 0.3 is 0 Å². The van der Waals surface area contributed by atoms with Crippen LogP contribution >= 0.6 is 38.5 Å². The van der Waals surface area contributed by atoms with Crippen LogP contribution in [0, 0.1) is 14.8 Å². The molecular formula is C12H14BrFINO. The van der Waals surface area contributed by atoms with Crippen molar-refractivity contribution in [1.82, 2.24) is 5.32 Å². The van der Waals surface area contributed by atoms with E-state index in [1.54, 1.807) is 0 Å². The van der Waals surface area contributed by atoms with Crippen LogP contribution in [0.1, 0.15) is 24.2 Å². The van der Waals surface area contributed by atoms with Crippen molar-refractivity contribution in [3.05, 3.63) is 33.1 Å². The molecule has 0 aromatic heterocycles. The van der Waals surface area contributed by atoms with Gasteiger partial charge < -0.3 is 5.32 Å². The molecule has 1 aromatic rings. The third-order valence-corrected chi connectivity index (χ3v) is 4.68.